The Bertz CT molecular complexity index is 366. The summed E-state index contributed by atoms with van der Waals surface area (Å²) in [4.78, 5) is 0. The van der Waals surface area contributed by atoms with Crippen molar-refractivity contribution in [1.29, 1.82) is 0 Å². The lowest BCUT2D eigenvalue weighted by Gasteiger charge is -2.13. The van der Waals surface area contributed by atoms with E-state index in [1.807, 2.05) is 6.92 Å². The van der Waals surface area contributed by atoms with Crippen LogP contribution in [0.15, 0.2) is 24.3 Å². The van der Waals surface area contributed by atoms with Crippen LogP contribution in [0.1, 0.15) is 30.9 Å². The molecule has 0 bridgehead atoms. The van der Waals surface area contributed by atoms with Gasteiger partial charge in [-0.3, -0.25) is 0 Å². The smallest absolute Gasteiger partial charge is 0.381 e. The van der Waals surface area contributed by atoms with Crippen LogP contribution in [-0.2, 0) is 17.5 Å². The molecular formula is C14H20F3NO. The van der Waals surface area contributed by atoms with Crippen LogP contribution in [0, 0.1) is 0 Å². The summed E-state index contributed by atoms with van der Waals surface area (Å²) in [7, 11) is 0. The molecular weight excluding hydrogens is 255 g/mol. The van der Waals surface area contributed by atoms with E-state index in [2.05, 4.69) is 5.32 Å². The number of hydrogen-bond acceptors (Lipinski definition) is 2. The minimum Gasteiger partial charge on any atom is -0.381 e. The van der Waals surface area contributed by atoms with E-state index in [-0.39, 0.29) is 12.1 Å². The third-order valence-corrected chi connectivity index (χ3v) is 2.63. The number of halogens is 3. The van der Waals surface area contributed by atoms with Crippen LogP contribution in [0.4, 0.5) is 13.2 Å². The molecule has 0 saturated heterocycles. The number of ether oxygens (including phenoxy) is 1. The van der Waals surface area contributed by atoms with Crippen molar-refractivity contribution in [2.45, 2.75) is 32.5 Å². The minimum atomic E-state index is -4.29. The number of hydrogen-bond donors (Lipinski definition) is 1. The van der Waals surface area contributed by atoms with E-state index in [0.717, 1.165) is 25.5 Å². The van der Waals surface area contributed by atoms with Gasteiger partial charge >= 0.3 is 6.18 Å². The predicted octanol–water partition coefficient (Wildman–Crippen LogP) is 3.61. The molecule has 0 spiro atoms. The molecule has 0 aliphatic carbocycles. The highest BCUT2D eigenvalue weighted by Crippen LogP contribution is 2.31. The van der Waals surface area contributed by atoms with E-state index < -0.39 is 11.7 Å². The van der Waals surface area contributed by atoms with Crippen LogP contribution in [0.5, 0.6) is 0 Å². The van der Waals surface area contributed by atoms with Gasteiger partial charge in [0.25, 0.3) is 0 Å². The molecule has 0 aliphatic heterocycles. The summed E-state index contributed by atoms with van der Waals surface area (Å²) in [5.41, 5.74) is -0.283. The van der Waals surface area contributed by atoms with Crippen molar-refractivity contribution in [2.75, 3.05) is 19.8 Å². The van der Waals surface area contributed by atoms with Gasteiger partial charge in [0.1, 0.15) is 0 Å². The summed E-state index contributed by atoms with van der Waals surface area (Å²) in [5, 5.41) is 3.01. The Morgan fingerprint density at radius 1 is 1.16 bits per heavy atom. The lowest BCUT2D eigenvalue weighted by Crippen LogP contribution is -2.19. The average Bonchev–Trinajstić information content (AvgIpc) is 2.37. The van der Waals surface area contributed by atoms with Crippen LogP contribution in [-0.4, -0.2) is 19.8 Å². The SMILES string of the molecule is CCCOCCCNCc1ccccc1C(F)(F)F. The predicted molar refractivity (Wildman–Crippen MR) is 68.9 cm³/mol. The molecule has 0 atom stereocenters. The summed E-state index contributed by atoms with van der Waals surface area (Å²) < 4.78 is 43.4. The summed E-state index contributed by atoms with van der Waals surface area (Å²) in [5.74, 6) is 0. The van der Waals surface area contributed by atoms with E-state index >= 15 is 0 Å². The fraction of sp³-hybridized carbons (Fsp3) is 0.571. The number of rotatable bonds is 8. The van der Waals surface area contributed by atoms with Crippen molar-refractivity contribution in [3.8, 4) is 0 Å². The molecule has 0 aliphatic rings. The fourth-order valence-corrected chi connectivity index (χ4v) is 1.72. The lowest BCUT2D eigenvalue weighted by molar-refractivity contribution is -0.138. The Labute approximate surface area is 112 Å². The molecule has 0 aromatic heterocycles. The van der Waals surface area contributed by atoms with Crippen molar-refractivity contribution in [1.82, 2.24) is 5.32 Å². The van der Waals surface area contributed by atoms with Gasteiger partial charge in [0.15, 0.2) is 0 Å². The second-order valence-electron chi connectivity index (χ2n) is 4.30. The maximum atomic E-state index is 12.7. The van der Waals surface area contributed by atoms with Crippen LogP contribution in [0.25, 0.3) is 0 Å². The molecule has 19 heavy (non-hydrogen) atoms. The molecule has 1 rings (SSSR count). The molecule has 1 aromatic carbocycles. The lowest BCUT2D eigenvalue weighted by atomic mass is 10.1. The van der Waals surface area contributed by atoms with E-state index in [9.17, 15) is 13.2 Å². The quantitative estimate of drug-likeness (QED) is 0.732. The molecule has 0 amide bonds. The largest absolute Gasteiger partial charge is 0.416 e. The van der Waals surface area contributed by atoms with Crippen LogP contribution in [0.3, 0.4) is 0 Å². The molecule has 0 heterocycles. The second-order valence-corrected chi connectivity index (χ2v) is 4.30. The van der Waals surface area contributed by atoms with E-state index in [4.69, 9.17) is 4.74 Å². The third kappa shape index (κ3) is 6.07. The van der Waals surface area contributed by atoms with Crippen molar-refractivity contribution in [3.05, 3.63) is 35.4 Å². The molecule has 5 heteroatoms. The first-order valence-electron chi connectivity index (χ1n) is 6.49. The van der Waals surface area contributed by atoms with Crippen LogP contribution < -0.4 is 5.32 Å². The van der Waals surface area contributed by atoms with Gasteiger partial charge in [0.05, 0.1) is 5.56 Å². The highest BCUT2D eigenvalue weighted by atomic mass is 19.4. The summed E-state index contributed by atoms with van der Waals surface area (Å²) in [6.45, 7) is 4.28. The normalized spacial score (nSPS) is 11.8. The second kappa shape index (κ2) is 8.17. The molecule has 0 saturated carbocycles. The molecule has 0 fully saturated rings. The highest BCUT2D eigenvalue weighted by molar-refractivity contribution is 5.29. The van der Waals surface area contributed by atoms with E-state index in [0.29, 0.717) is 13.2 Å². The number of nitrogens with one attached hydrogen (secondary N) is 1. The van der Waals surface area contributed by atoms with Gasteiger partial charge in [-0.25, -0.2) is 0 Å². The van der Waals surface area contributed by atoms with Gasteiger partial charge in [-0.05, 0) is 31.0 Å². The van der Waals surface area contributed by atoms with Gasteiger partial charge in [-0.15, -0.1) is 0 Å². The van der Waals surface area contributed by atoms with Gasteiger partial charge in [-0.1, -0.05) is 25.1 Å². The molecule has 1 N–H and O–H groups in total. The Morgan fingerprint density at radius 2 is 1.89 bits per heavy atom. The van der Waals surface area contributed by atoms with Crippen molar-refractivity contribution >= 4 is 0 Å². The molecule has 1 aromatic rings. The number of alkyl halides is 3. The monoisotopic (exact) mass is 275 g/mol. The standard InChI is InChI=1S/C14H20F3NO/c1-2-9-19-10-5-8-18-11-12-6-3-4-7-13(12)14(15,16)17/h3-4,6-7,18H,2,5,8-11H2,1H3. The third-order valence-electron chi connectivity index (χ3n) is 2.63. The van der Waals surface area contributed by atoms with Gasteiger partial charge in [-0.2, -0.15) is 13.2 Å². The van der Waals surface area contributed by atoms with E-state index in [1.54, 1.807) is 6.07 Å². The van der Waals surface area contributed by atoms with Crippen LogP contribution in [0.2, 0.25) is 0 Å². The molecule has 2 nitrogen and oxygen atoms in total. The first-order chi connectivity index (χ1) is 9.05. The average molecular weight is 275 g/mol. The van der Waals surface area contributed by atoms with Crippen molar-refractivity contribution < 1.29 is 17.9 Å². The summed E-state index contributed by atoms with van der Waals surface area (Å²) >= 11 is 0. The summed E-state index contributed by atoms with van der Waals surface area (Å²) in [6.07, 6.45) is -2.51. The van der Waals surface area contributed by atoms with Crippen LogP contribution >= 0.6 is 0 Å². The Hall–Kier alpha value is -1.07. The maximum Gasteiger partial charge on any atom is 0.416 e. The van der Waals surface area contributed by atoms with Crippen molar-refractivity contribution in [2.24, 2.45) is 0 Å². The highest BCUT2D eigenvalue weighted by Gasteiger charge is 2.32. The Morgan fingerprint density at radius 3 is 2.58 bits per heavy atom. The molecule has 108 valence electrons. The number of benzene rings is 1. The van der Waals surface area contributed by atoms with Gasteiger partial charge < -0.3 is 10.1 Å². The first-order valence-corrected chi connectivity index (χ1v) is 6.49. The van der Waals surface area contributed by atoms with Gasteiger partial charge in [0.2, 0.25) is 0 Å². The van der Waals surface area contributed by atoms with E-state index in [1.165, 1.54) is 12.1 Å². The zero-order chi connectivity index (χ0) is 14.1. The summed E-state index contributed by atoms with van der Waals surface area (Å²) in [6, 6.07) is 5.65. The maximum absolute atomic E-state index is 12.7. The fourth-order valence-electron chi connectivity index (χ4n) is 1.72. The van der Waals surface area contributed by atoms with Crippen molar-refractivity contribution in [3.63, 3.8) is 0 Å². The zero-order valence-electron chi connectivity index (χ0n) is 11.1. The topological polar surface area (TPSA) is 21.3 Å². The first kappa shape index (κ1) is 16.0. The minimum absolute atomic E-state index is 0.226. The van der Waals surface area contributed by atoms with Gasteiger partial charge in [0, 0.05) is 19.8 Å². The molecule has 0 unspecified atom stereocenters. The molecule has 0 radical (unpaired) electrons. The Kier molecular flexibility index (Phi) is 6.87. The zero-order valence-corrected chi connectivity index (χ0v) is 11.1. The Balaban J connectivity index is 2.33.